The number of benzene rings is 2. The van der Waals surface area contributed by atoms with E-state index in [1.165, 1.54) is 17.7 Å². The highest BCUT2D eigenvalue weighted by Crippen LogP contribution is 2.22. The zero-order valence-electron chi connectivity index (χ0n) is 14.6. The summed E-state index contributed by atoms with van der Waals surface area (Å²) in [4.78, 5) is 12.4. The van der Waals surface area contributed by atoms with Crippen LogP contribution in [-0.4, -0.2) is 11.9 Å². The molecule has 4 nitrogen and oxygen atoms in total. The maximum absolute atomic E-state index is 13.0. The number of hydrogen-bond acceptors (Lipinski definition) is 3. The lowest BCUT2D eigenvalue weighted by Crippen LogP contribution is -2.42. The fourth-order valence-corrected chi connectivity index (χ4v) is 2.97. The Bertz CT molecular complexity index is 713. The van der Waals surface area contributed by atoms with E-state index < -0.39 is 0 Å². The van der Waals surface area contributed by atoms with E-state index in [-0.39, 0.29) is 23.8 Å². The van der Waals surface area contributed by atoms with Crippen molar-refractivity contribution in [1.82, 2.24) is 16.2 Å². The standard InChI is InChI=1S/C20H24FN3O/c1-13(2)15-5-3-14(4-6-15)12-22-20(25)19-11-18(23-24-19)16-7-9-17(21)10-8-16/h3-10,13,18-19,23-24H,11-12H2,1-2H3,(H,22,25). The van der Waals surface area contributed by atoms with Gasteiger partial charge in [-0.2, -0.15) is 0 Å². The minimum absolute atomic E-state index is 0.00155. The molecule has 0 bridgehead atoms. The SMILES string of the molecule is CC(C)c1ccc(CNC(=O)C2CC(c3ccc(F)cc3)NN2)cc1. The molecule has 5 heteroatoms. The Kier molecular flexibility index (Phi) is 5.46. The normalized spacial score (nSPS) is 20.0. The largest absolute Gasteiger partial charge is 0.351 e. The van der Waals surface area contributed by atoms with Crippen molar-refractivity contribution < 1.29 is 9.18 Å². The molecular formula is C20H24FN3O. The Morgan fingerprint density at radius 2 is 1.80 bits per heavy atom. The summed E-state index contributed by atoms with van der Waals surface area (Å²) < 4.78 is 13.0. The Morgan fingerprint density at radius 1 is 1.12 bits per heavy atom. The van der Waals surface area contributed by atoms with Crippen LogP contribution in [0.5, 0.6) is 0 Å². The van der Waals surface area contributed by atoms with Crippen LogP contribution in [-0.2, 0) is 11.3 Å². The fourth-order valence-electron chi connectivity index (χ4n) is 2.97. The van der Waals surface area contributed by atoms with Crippen LogP contribution in [0.2, 0.25) is 0 Å². The van der Waals surface area contributed by atoms with Crippen LogP contribution in [0.15, 0.2) is 48.5 Å². The number of hydrogen-bond donors (Lipinski definition) is 3. The van der Waals surface area contributed by atoms with Gasteiger partial charge < -0.3 is 5.32 Å². The quantitative estimate of drug-likeness (QED) is 0.783. The van der Waals surface area contributed by atoms with E-state index in [2.05, 4.69) is 54.3 Å². The lowest BCUT2D eigenvalue weighted by Gasteiger charge is -2.12. The van der Waals surface area contributed by atoms with Crippen LogP contribution in [0.4, 0.5) is 4.39 Å². The maximum Gasteiger partial charge on any atom is 0.238 e. The predicted molar refractivity (Wildman–Crippen MR) is 96.2 cm³/mol. The van der Waals surface area contributed by atoms with Crippen molar-refractivity contribution in [3.05, 3.63) is 71.0 Å². The predicted octanol–water partition coefficient (Wildman–Crippen LogP) is 3.17. The minimum Gasteiger partial charge on any atom is -0.351 e. The lowest BCUT2D eigenvalue weighted by molar-refractivity contribution is -0.123. The molecule has 3 N–H and O–H groups in total. The number of amides is 1. The summed E-state index contributed by atoms with van der Waals surface area (Å²) in [6.07, 6.45) is 0.629. The van der Waals surface area contributed by atoms with Gasteiger partial charge in [-0.3, -0.25) is 4.79 Å². The fraction of sp³-hybridized carbons (Fsp3) is 0.350. The van der Waals surface area contributed by atoms with Crippen molar-refractivity contribution in [2.24, 2.45) is 0 Å². The van der Waals surface area contributed by atoms with Gasteiger partial charge in [0.1, 0.15) is 11.9 Å². The molecule has 132 valence electrons. The zero-order valence-corrected chi connectivity index (χ0v) is 14.6. The Morgan fingerprint density at radius 3 is 2.44 bits per heavy atom. The molecule has 1 heterocycles. The second-order valence-corrected chi connectivity index (χ2v) is 6.80. The number of hydrazine groups is 1. The van der Waals surface area contributed by atoms with Gasteiger partial charge in [0, 0.05) is 12.6 Å². The Balaban J connectivity index is 1.51. The molecule has 0 saturated carbocycles. The van der Waals surface area contributed by atoms with Gasteiger partial charge in [-0.05, 0) is 41.2 Å². The Labute approximate surface area is 147 Å². The molecule has 2 unspecified atom stereocenters. The van der Waals surface area contributed by atoms with Crippen molar-refractivity contribution in [2.75, 3.05) is 0 Å². The van der Waals surface area contributed by atoms with Gasteiger partial charge in [0.25, 0.3) is 0 Å². The van der Waals surface area contributed by atoms with Gasteiger partial charge in [-0.25, -0.2) is 15.2 Å². The summed E-state index contributed by atoms with van der Waals surface area (Å²) in [5.74, 6) is 0.207. The first-order chi connectivity index (χ1) is 12.0. The van der Waals surface area contributed by atoms with Crippen molar-refractivity contribution in [2.45, 2.75) is 44.8 Å². The molecule has 2 atom stereocenters. The number of nitrogens with one attached hydrogen (secondary N) is 3. The summed E-state index contributed by atoms with van der Waals surface area (Å²) in [5.41, 5.74) is 9.47. The number of carbonyl (C=O) groups excluding carboxylic acids is 1. The van der Waals surface area contributed by atoms with Gasteiger partial charge in [0.05, 0.1) is 0 Å². The van der Waals surface area contributed by atoms with Crippen molar-refractivity contribution in [3.8, 4) is 0 Å². The van der Waals surface area contributed by atoms with E-state index in [9.17, 15) is 9.18 Å². The van der Waals surface area contributed by atoms with E-state index in [1.54, 1.807) is 12.1 Å². The molecule has 1 aliphatic heterocycles. The highest BCUT2D eigenvalue weighted by Gasteiger charge is 2.29. The first kappa shape index (κ1) is 17.6. The summed E-state index contributed by atoms with van der Waals surface area (Å²) in [6.45, 7) is 4.83. The van der Waals surface area contributed by atoms with Gasteiger partial charge in [0.15, 0.2) is 0 Å². The van der Waals surface area contributed by atoms with E-state index in [0.29, 0.717) is 18.9 Å². The van der Waals surface area contributed by atoms with Gasteiger partial charge in [0.2, 0.25) is 5.91 Å². The highest BCUT2D eigenvalue weighted by molar-refractivity contribution is 5.82. The molecule has 0 aliphatic carbocycles. The van der Waals surface area contributed by atoms with Gasteiger partial charge in [-0.15, -0.1) is 0 Å². The van der Waals surface area contributed by atoms with Crippen molar-refractivity contribution >= 4 is 5.91 Å². The third kappa shape index (κ3) is 4.44. The lowest BCUT2D eigenvalue weighted by atomic mass is 10.0. The maximum atomic E-state index is 13.0. The first-order valence-corrected chi connectivity index (χ1v) is 8.66. The topological polar surface area (TPSA) is 53.2 Å². The summed E-state index contributed by atoms with van der Waals surface area (Å²) in [6, 6.07) is 14.4. The van der Waals surface area contributed by atoms with Crippen molar-refractivity contribution in [3.63, 3.8) is 0 Å². The molecule has 3 rings (SSSR count). The van der Waals surface area contributed by atoms with E-state index in [0.717, 1.165) is 11.1 Å². The zero-order chi connectivity index (χ0) is 17.8. The molecule has 1 fully saturated rings. The monoisotopic (exact) mass is 341 g/mol. The molecule has 1 amide bonds. The average molecular weight is 341 g/mol. The van der Waals surface area contributed by atoms with Crippen molar-refractivity contribution in [1.29, 1.82) is 0 Å². The summed E-state index contributed by atoms with van der Waals surface area (Å²) in [5, 5.41) is 2.97. The van der Waals surface area contributed by atoms with Crippen LogP contribution >= 0.6 is 0 Å². The molecule has 1 saturated heterocycles. The molecule has 2 aromatic rings. The summed E-state index contributed by atoms with van der Waals surface area (Å²) >= 11 is 0. The second kappa shape index (κ2) is 7.76. The molecule has 25 heavy (non-hydrogen) atoms. The summed E-state index contributed by atoms with van der Waals surface area (Å²) in [7, 11) is 0. The van der Waals surface area contributed by atoms with E-state index in [4.69, 9.17) is 0 Å². The number of halogens is 1. The smallest absolute Gasteiger partial charge is 0.238 e. The van der Waals surface area contributed by atoms with Crippen LogP contribution in [0.1, 0.15) is 48.9 Å². The van der Waals surface area contributed by atoms with E-state index >= 15 is 0 Å². The molecule has 0 aromatic heterocycles. The van der Waals surface area contributed by atoms with Gasteiger partial charge >= 0.3 is 0 Å². The first-order valence-electron chi connectivity index (χ1n) is 8.66. The number of carbonyl (C=O) groups is 1. The van der Waals surface area contributed by atoms with Crippen LogP contribution in [0.3, 0.4) is 0 Å². The third-order valence-electron chi connectivity index (χ3n) is 4.61. The molecule has 0 radical (unpaired) electrons. The average Bonchev–Trinajstić information content (AvgIpc) is 3.11. The van der Waals surface area contributed by atoms with Crippen LogP contribution in [0.25, 0.3) is 0 Å². The molecular weight excluding hydrogens is 317 g/mol. The van der Waals surface area contributed by atoms with Crippen LogP contribution in [0, 0.1) is 5.82 Å². The third-order valence-corrected chi connectivity index (χ3v) is 4.61. The molecule has 0 spiro atoms. The van der Waals surface area contributed by atoms with Crippen LogP contribution < -0.4 is 16.2 Å². The highest BCUT2D eigenvalue weighted by atomic mass is 19.1. The minimum atomic E-state index is -0.301. The van der Waals surface area contributed by atoms with Gasteiger partial charge in [-0.1, -0.05) is 50.2 Å². The number of rotatable bonds is 5. The molecule has 1 aliphatic rings. The Hall–Kier alpha value is -2.24. The second-order valence-electron chi connectivity index (χ2n) is 6.80. The molecule has 2 aromatic carbocycles. The van der Waals surface area contributed by atoms with E-state index in [1.807, 2.05) is 0 Å².